The summed E-state index contributed by atoms with van der Waals surface area (Å²) >= 11 is 0. The molecule has 4 nitrogen and oxygen atoms in total. The molecular weight excluding hydrogens is 132 g/mol. The van der Waals surface area contributed by atoms with E-state index in [4.69, 9.17) is 10.8 Å². The minimum atomic E-state index is -0.494. The molecule has 0 bridgehead atoms. The molecule has 0 aromatic carbocycles. The molecule has 1 unspecified atom stereocenters. The van der Waals surface area contributed by atoms with Gasteiger partial charge in [-0.1, -0.05) is 0 Å². The second-order valence-corrected chi connectivity index (χ2v) is 2.79. The fourth-order valence-electron chi connectivity index (χ4n) is 1.12. The normalized spacial score (nSPS) is 32.4. The zero-order valence-electron chi connectivity index (χ0n) is 5.76. The van der Waals surface area contributed by atoms with Crippen LogP contribution in [-0.2, 0) is 4.79 Å². The van der Waals surface area contributed by atoms with E-state index in [9.17, 15) is 4.79 Å². The Kier molecular flexibility index (Phi) is 1.92. The van der Waals surface area contributed by atoms with E-state index in [1.807, 2.05) is 0 Å². The van der Waals surface area contributed by atoms with Crippen molar-refractivity contribution in [3.05, 3.63) is 0 Å². The number of nitrogens with two attached hydrogens (primary N) is 1. The molecule has 1 aliphatic heterocycles. The number of hydrogen-bond donors (Lipinski definition) is 3. The van der Waals surface area contributed by atoms with Gasteiger partial charge in [-0.25, -0.2) is 0 Å². The quantitative estimate of drug-likeness (QED) is 0.445. The lowest BCUT2D eigenvalue weighted by molar-refractivity contribution is -0.119. The summed E-state index contributed by atoms with van der Waals surface area (Å²) in [5, 5.41) is 11.2. The zero-order chi connectivity index (χ0) is 7.61. The molecule has 1 atom stereocenters. The molecule has 58 valence electrons. The van der Waals surface area contributed by atoms with E-state index in [1.165, 1.54) is 0 Å². The molecule has 10 heavy (non-hydrogen) atoms. The van der Waals surface area contributed by atoms with Crippen molar-refractivity contribution in [2.45, 2.75) is 18.4 Å². The smallest absolute Gasteiger partial charge is 0.221 e. The summed E-state index contributed by atoms with van der Waals surface area (Å²) in [6.45, 7) is 0.540. The highest BCUT2D eigenvalue weighted by Gasteiger charge is 2.33. The fourth-order valence-corrected chi connectivity index (χ4v) is 1.12. The van der Waals surface area contributed by atoms with Gasteiger partial charge < -0.3 is 16.2 Å². The number of hydrogen-bond acceptors (Lipinski definition) is 3. The molecule has 4 N–H and O–H groups in total. The van der Waals surface area contributed by atoms with E-state index in [0.29, 0.717) is 19.4 Å². The van der Waals surface area contributed by atoms with Gasteiger partial charge in [-0.15, -0.1) is 0 Å². The molecule has 0 aliphatic carbocycles. The van der Waals surface area contributed by atoms with E-state index in [1.54, 1.807) is 0 Å². The molecule has 4 heteroatoms. The van der Waals surface area contributed by atoms with Crippen molar-refractivity contribution in [1.29, 1.82) is 0 Å². The van der Waals surface area contributed by atoms with Crippen LogP contribution in [0, 0.1) is 0 Å². The molecule has 1 heterocycles. The van der Waals surface area contributed by atoms with Gasteiger partial charge in [-0.3, -0.25) is 4.79 Å². The monoisotopic (exact) mass is 144 g/mol. The number of carbonyl (C=O) groups excluding carboxylic acids is 1. The first-order valence-corrected chi connectivity index (χ1v) is 3.33. The Morgan fingerprint density at radius 2 is 2.50 bits per heavy atom. The maximum Gasteiger partial charge on any atom is 0.221 e. The topological polar surface area (TPSA) is 75.3 Å². The standard InChI is InChI=1S/C6H12N2O2/c7-6(1-2-9)3-5(10)8-4-6/h9H,1-4,7H2,(H,8,10). The van der Waals surface area contributed by atoms with E-state index >= 15 is 0 Å². The third-order valence-electron chi connectivity index (χ3n) is 1.76. The summed E-state index contributed by atoms with van der Waals surface area (Å²) in [7, 11) is 0. The third-order valence-corrected chi connectivity index (χ3v) is 1.76. The third kappa shape index (κ3) is 1.46. The van der Waals surface area contributed by atoms with Crippen LogP contribution in [0.2, 0.25) is 0 Å². The van der Waals surface area contributed by atoms with Crippen LogP contribution in [0.3, 0.4) is 0 Å². The highest BCUT2D eigenvalue weighted by atomic mass is 16.3. The van der Waals surface area contributed by atoms with Crippen molar-refractivity contribution in [2.24, 2.45) is 5.73 Å². The van der Waals surface area contributed by atoms with Crippen molar-refractivity contribution in [2.75, 3.05) is 13.2 Å². The van der Waals surface area contributed by atoms with E-state index in [0.717, 1.165) is 0 Å². The van der Waals surface area contributed by atoms with Gasteiger partial charge in [0.05, 0.1) is 0 Å². The van der Waals surface area contributed by atoms with Crippen molar-refractivity contribution >= 4 is 5.91 Å². The Morgan fingerprint density at radius 1 is 1.80 bits per heavy atom. The molecule has 0 saturated carbocycles. The second-order valence-electron chi connectivity index (χ2n) is 2.79. The highest BCUT2D eigenvalue weighted by Crippen LogP contribution is 2.15. The molecule has 0 aromatic heterocycles. The molecule has 0 radical (unpaired) electrons. The number of aliphatic hydroxyl groups is 1. The van der Waals surface area contributed by atoms with E-state index in [2.05, 4.69) is 5.32 Å². The number of nitrogens with one attached hydrogen (secondary N) is 1. The molecule has 1 saturated heterocycles. The average Bonchev–Trinajstić information content (AvgIpc) is 2.12. The van der Waals surface area contributed by atoms with Crippen molar-refractivity contribution in [1.82, 2.24) is 5.32 Å². The Hall–Kier alpha value is -0.610. The van der Waals surface area contributed by atoms with Gasteiger partial charge in [0.25, 0.3) is 0 Å². The van der Waals surface area contributed by atoms with Gasteiger partial charge in [0.1, 0.15) is 0 Å². The van der Waals surface area contributed by atoms with Crippen LogP contribution in [0.4, 0.5) is 0 Å². The van der Waals surface area contributed by atoms with Crippen LogP contribution in [0.5, 0.6) is 0 Å². The minimum absolute atomic E-state index is 0.0176. The summed E-state index contributed by atoms with van der Waals surface area (Å²) in [4.78, 5) is 10.7. The highest BCUT2D eigenvalue weighted by molar-refractivity contribution is 5.79. The summed E-state index contributed by atoms with van der Waals surface area (Å²) < 4.78 is 0. The van der Waals surface area contributed by atoms with Gasteiger partial charge in [-0.05, 0) is 6.42 Å². The Bertz CT molecular complexity index is 149. The summed E-state index contributed by atoms with van der Waals surface area (Å²) in [6.07, 6.45) is 0.833. The van der Waals surface area contributed by atoms with Gasteiger partial charge in [-0.2, -0.15) is 0 Å². The second kappa shape index (κ2) is 2.56. The lowest BCUT2D eigenvalue weighted by atomic mass is 9.96. The number of aliphatic hydroxyl groups excluding tert-OH is 1. The van der Waals surface area contributed by atoms with Crippen LogP contribution in [0.15, 0.2) is 0 Å². The first-order valence-electron chi connectivity index (χ1n) is 3.33. The number of amides is 1. The number of rotatable bonds is 2. The molecule has 1 fully saturated rings. The first kappa shape index (κ1) is 7.50. The average molecular weight is 144 g/mol. The molecule has 1 aliphatic rings. The molecule has 0 aromatic rings. The summed E-state index contributed by atoms with van der Waals surface area (Å²) in [6, 6.07) is 0. The molecular formula is C6H12N2O2. The zero-order valence-corrected chi connectivity index (χ0v) is 5.76. The maximum atomic E-state index is 10.7. The Balaban J connectivity index is 2.46. The van der Waals surface area contributed by atoms with Crippen LogP contribution >= 0.6 is 0 Å². The predicted octanol–water partition coefficient (Wildman–Crippen LogP) is -1.41. The van der Waals surface area contributed by atoms with E-state index in [-0.39, 0.29) is 12.5 Å². The lowest BCUT2D eigenvalue weighted by Gasteiger charge is -2.18. The fraction of sp³-hybridized carbons (Fsp3) is 0.833. The van der Waals surface area contributed by atoms with Crippen LogP contribution < -0.4 is 11.1 Å². The van der Waals surface area contributed by atoms with Gasteiger partial charge in [0, 0.05) is 25.1 Å². The van der Waals surface area contributed by atoms with Crippen molar-refractivity contribution in [3.8, 4) is 0 Å². The molecule has 1 rings (SSSR count). The van der Waals surface area contributed by atoms with Gasteiger partial charge in [0.2, 0.25) is 5.91 Å². The Morgan fingerprint density at radius 3 is 2.90 bits per heavy atom. The largest absolute Gasteiger partial charge is 0.396 e. The first-order chi connectivity index (χ1) is 4.66. The summed E-state index contributed by atoms with van der Waals surface area (Å²) in [5.74, 6) is -0.0176. The minimum Gasteiger partial charge on any atom is -0.396 e. The lowest BCUT2D eigenvalue weighted by Crippen LogP contribution is -2.42. The van der Waals surface area contributed by atoms with Crippen LogP contribution in [0.25, 0.3) is 0 Å². The SMILES string of the molecule is NC1(CCO)CNC(=O)C1. The van der Waals surface area contributed by atoms with Gasteiger partial charge in [0.15, 0.2) is 0 Å². The van der Waals surface area contributed by atoms with E-state index < -0.39 is 5.54 Å². The van der Waals surface area contributed by atoms with Crippen LogP contribution in [-0.4, -0.2) is 29.7 Å². The summed E-state index contributed by atoms with van der Waals surface area (Å²) in [5.41, 5.74) is 5.22. The van der Waals surface area contributed by atoms with Crippen molar-refractivity contribution < 1.29 is 9.90 Å². The van der Waals surface area contributed by atoms with Crippen LogP contribution in [0.1, 0.15) is 12.8 Å². The van der Waals surface area contributed by atoms with Gasteiger partial charge >= 0.3 is 0 Å². The molecule has 1 amide bonds. The maximum absolute atomic E-state index is 10.7. The predicted molar refractivity (Wildman–Crippen MR) is 36.2 cm³/mol. The van der Waals surface area contributed by atoms with Crippen molar-refractivity contribution in [3.63, 3.8) is 0 Å². The number of carbonyl (C=O) groups is 1. The Labute approximate surface area is 59.4 Å². The molecule has 0 spiro atoms.